The Balaban J connectivity index is 2.26. The van der Waals surface area contributed by atoms with Crippen LogP contribution in [0.25, 0.3) is 16.9 Å². The van der Waals surface area contributed by atoms with Crippen LogP contribution in [0.5, 0.6) is 0 Å². The summed E-state index contributed by atoms with van der Waals surface area (Å²) in [6, 6.07) is 5.35. The van der Waals surface area contributed by atoms with Gasteiger partial charge in [0.15, 0.2) is 5.65 Å². The van der Waals surface area contributed by atoms with Crippen molar-refractivity contribution >= 4 is 11.6 Å². The van der Waals surface area contributed by atoms with E-state index in [0.29, 0.717) is 16.9 Å². The first-order valence-electron chi connectivity index (χ1n) is 5.70. The van der Waals surface area contributed by atoms with E-state index in [-0.39, 0.29) is 6.42 Å². The summed E-state index contributed by atoms with van der Waals surface area (Å²) in [7, 11) is 0. The minimum absolute atomic E-state index is 0.113. The third-order valence-electron chi connectivity index (χ3n) is 2.77. The lowest BCUT2D eigenvalue weighted by Crippen LogP contribution is -2.01. The molecule has 0 aromatic carbocycles. The second kappa shape index (κ2) is 4.49. The molecule has 0 atom stereocenters. The van der Waals surface area contributed by atoms with Crippen molar-refractivity contribution < 1.29 is 9.90 Å². The Labute approximate surface area is 108 Å². The Morgan fingerprint density at radius 1 is 1.26 bits per heavy atom. The molecule has 0 spiro atoms. The van der Waals surface area contributed by atoms with Crippen molar-refractivity contribution in [1.29, 1.82) is 0 Å². The van der Waals surface area contributed by atoms with E-state index < -0.39 is 5.97 Å². The Kier molecular flexibility index (Phi) is 2.68. The topological polar surface area (TPSA) is 80.4 Å². The van der Waals surface area contributed by atoms with E-state index in [1.54, 1.807) is 47.5 Å². The number of aliphatic carboxylic acids is 1. The lowest BCUT2D eigenvalue weighted by atomic mass is 10.1. The minimum Gasteiger partial charge on any atom is -0.481 e. The molecule has 0 saturated carbocycles. The van der Waals surface area contributed by atoms with Gasteiger partial charge in [0.1, 0.15) is 0 Å². The molecule has 0 aliphatic carbocycles. The van der Waals surface area contributed by atoms with Gasteiger partial charge in [0.2, 0.25) is 0 Å². The lowest BCUT2D eigenvalue weighted by molar-refractivity contribution is -0.136. The average molecular weight is 254 g/mol. The molecular weight excluding hydrogens is 244 g/mol. The number of carboxylic acids is 1. The van der Waals surface area contributed by atoms with E-state index in [9.17, 15) is 4.79 Å². The van der Waals surface area contributed by atoms with Gasteiger partial charge in [-0.05, 0) is 18.2 Å². The van der Waals surface area contributed by atoms with Gasteiger partial charge in [-0.1, -0.05) is 0 Å². The van der Waals surface area contributed by atoms with Gasteiger partial charge >= 0.3 is 5.97 Å². The van der Waals surface area contributed by atoms with Crippen LogP contribution >= 0.6 is 0 Å². The molecule has 3 aromatic heterocycles. The van der Waals surface area contributed by atoms with Crippen molar-refractivity contribution in [2.24, 2.45) is 0 Å². The number of aromatic nitrogens is 4. The third kappa shape index (κ3) is 2.03. The van der Waals surface area contributed by atoms with Crippen LogP contribution in [0.4, 0.5) is 0 Å². The fourth-order valence-corrected chi connectivity index (χ4v) is 1.99. The molecule has 0 saturated heterocycles. The molecule has 0 aliphatic heterocycles. The Morgan fingerprint density at radius 3 is 2.79 bits per heavy atom. The highest BCUT2D eigenvalue weighted by Crippen LogP contribution is 2.25. The van der Waals surface area contributed by atoms with Crippen molar-refractivity contribution in [3.63, 3.8) is 0 Å². The molecule has 6 heteroatoms. The van der Waals surface area contributed by atoms with Gasteiger partial charge in [0.25, 0.3) is 0 Å². The van der Waals surface area contributed by atoms with Gasteiger partial charge in [0.05, 0.1) is 12.1 Å². The zero-order chi connectivity index (χ0) is 13.2. The number of carboxylic acid groups (broad SMARTS) is 1. The molecular formula is C13H10N4O2. The van der Waals surface area contributed by atoms with Gasteiger partial charge in [-0.2, -0.15) is 5.10 Å². The number of rotatable bonds is 3. The predicted octanol–water partition coefficient (Wildman–Crippen LogP) is 1.42. The van der Waals surface area contributed by atoms with Crippen LogP contribution in [0.1, 0.15) is 5.56 Å². The monoisotopic (exact) mass is 254 g/mol. The van der Waals surface area contributed by atoms with Gasteiger partial charge in [-0.3, -0.25) is 9.78 Å². The molecule has 0 amide bonds. The minimum atomic E-state index is -0.907. The standard InChI is InChI=1S/C13H10N4O2/c18-11(19)8-10-12(9-2-5-14-6-3-9)16-17-7-1-4-15-13(10)17/h1-7H,8H2,(H,18,19). The number of nitrogens with zero attached hydrogens (tertiary/aromatic N) is 4. The SMILES string of the molecule is O=C(O)Cc1c(-c2ccncc2)nn2cccnc12. The molecule has 0 radical (unpaired) electrons. The number of hydrogen-bond acceptors (Lipinski definition) is 4. The number of hydrogen-bond donors (Lipinski definition) is 1. The number of fused-ring (bicyclic) bond motifs is 1. The van der Waals surface area contributed by atoms with Crippen LogP contribution in [0.2, 0.25) is 0 Å². The van der Waals surface area contributed by atoms with E-state index in [2.05, 4.69) is 15.1 Å². The molecule has 6 nitrogen and oxygen atoms in total. The molecule has 94 valence electrons. The fourth-order valence-electron chi connectivity index (χ4n) is 1.99. The highest BCUT2D eigenvalue weighted by Gasteiger charge is 2.17. The molecule has 3 heterocycles. The summed E-state index contributed by atoms with van der Waals surface area (Å²) in [5.41, 5.74) is 2.64. The second-order valence-corrected chi connectivity index (χ2v) is 4.02. The molecule has 3 aromatic rings. The van der Waals surface area contributed by atoms with Gasteiger partial charge in [0, 0.05) is 35.9 Å². The van der Waals surface area contributed by atoms with Gasteiger partial charge < -0.3 is 5.11 Å². The second-order valence-electron chi connectivity index (χ2n) is 4.02. The maximum Gasteiger partial charge on any atom is 0.308 e. The number of carbonyl (C=O) groups is 1. The van der Waals surface area contributed by atoms with Gasteiger partial charge in [-0.25, -0.2) is 9.50 Å². The zero-order valence-corrected chi connectivity index (χ0v) is 9.89. The van der Waals surface area contributed by atoms with Crippen LogP contribution in [0.15, 0.2) is 43.0 Å². The Bertz CT molecular complexity index is 737. The summed E-state index contributed by atoms with van der Waals surface area (Å²) in [5.74, 6) is -0.907. The van der Waals surface area contributed by atoms with Crippen molar-refractivity contribution in [3.05, 3.63) is 48.5 Å². The zero-order valence-electron chi connectivity index (χ0n) is 9.89. The van der Waals surface area contributed by atoms with E-state index in [0.717, 1.165) is 5.56 Å². The van der Waals surface area contributed by atoms with Crippen molar-refractivity contribution in [1.82, 2.24) is 19.6 Å². The van der Waals surface area contributed by atoms with Crippen LogP contribution in [0, 0.1) is 0 Å². The number of pyridine rings is 1. The third-order valence-corrected chi connectivity index (χ3v) is 2.77. The first-order valence-corrected chi connectivity index (χ1v) is 5.70. The molecule has 0 aliphatic rings. The average Bonchev–Trinajstić information content (AvgIpc) is 2.78. The van der Waals surface area contributed by atoms with Crippen molar-refractivity contribution in [2.45, 2.75) is 6.42 Å². The summed E-state index contributed by atoms with van der Waals surface area (Å²) in [6.07, 6.45) is 6.56. The van der Waals surface area contributed by atoms with Crippen LogP contribution in [-0.4, -0.2) is 30.7 Å². The maximum atomic E-state index is 11.0. The van der Waals surface area contributed by atoms with E-state index in [4.69, 9.17) is 5.11 Å². The fraction of sp³-hybridized carbons (Fsp3) is 0.0769. The van der Waals surface area contributed by atoms with Crippen LogP contribution in [-0.2, 0) is 11.2 Å². The molecule has 0 unspecified atom stereocenters. The van der Waals surface area contributed by atoms with Crippen LogP contribution in [0.3, 0.4) is 0 Å². The highest BCUT2D eigenvalue weighted by atomic mass is 16.4. The lowest BCUT2D eigenvalue weighted by Gasteiger charge is -1.99. The Morgan fingerprint density at radius 2 is 2.05 bits per heavy atom. The molecule has 19 heavy (non-hydrogen) atoms. The maximum absolute atomic E-state index is 11.0. The van der Waals surface area contributed by atoms with Crippen molar-refractivity contribution in [2.75, 3.05) is 0 Å². The van der Waals surface area contributed by atoms with E-state index in [1.165, 1.54) is 0 Å². The van der Waals surface area contributed by atoms with E-state index in [1.807, 2.05) is 0 Å². The summed E-state index contributed by atoms with van der Waals surface area (Å²) >= 11 is 0. The first kappa shape index (κ1) is 11.3. The normalized spacial score (nSPS) is 10.7. The highest BCUT2D eigenvalue weighted by molar-refractivity contribution is 5.79. The summed E-state index contributed by atoms with van der Waals surface area (Å²) in [4.78, 5) is 19.2. The summed E-state index contributed by atoms with van der Waals surface area (Å²) < 4.78 is 1.59. The summed E-state index contributed by atoms with van der Waals surface area (Å²) in [6.45, 7) is 0. The predicted molar refractivity (Wildman–Crippen MR) is 67.6 cm³/mol. The smallest absolute Gasteiger partial charge is 0.308 e. The molecule has 3 rings (SSSR count). The largest absolute Gasteiger partial charge is 0.481 e. The first-order chi connectivity index (χ1) is 9.25. The molecule has 0 bridgehead atoms. The Hall–Kier alpha value is -2.76. The summed E-state index contributed by atoms with van der Waals surface area (Å²) in [5, 5.41) is 13.4. The van der Waals surface area contributed by atoms with Crippen molar-refractivity contribution in [3.8, 4) is 11.3 Å². The van der Waals surface area contributed by atoms with E-state index >= 15 is 0 Å². The quantitative estimate of drug-likeness (QED) is 0.764. The van der Waals surface area contributed by atoms with Crippen LogP contribution < -0.4 is 0 Å². The molecule has 1 N–H and O–H groups in total. The van der Waals surface area contributed by atoms with Gasteiger partial charge in [-0.15, -0.1) is 0 Å². The molecule has 0 fully saturated rings.